The largest absolute Gasteiger partial charge is 0.466 e. The molecule has 1 unspecified atom stereocenters. The minimum atomic E-state index is -0.0348. The zero-order valence-electron chi connectivity index (χ0n) is 19.8. The van der Waals surface area contributed by atoms with Crippen LogP contribution in [0.3, 0.4) is 0 Å². The SMILES string of the molecule is CCOC(=O)CCC1CCCN(CCCc2cc3ccc2CCc2ccc(cc2)CC3)C1. The van der Waals surface area contributed by atoms with Crippen LogP contribution in [-0.4, -0.2) is 37.1 Å². The molecular weight excluding hydrogens is 394 g/mol. The summed E-state index contributed by atoms with van der Waals surface area (Å²) < 4.78 is 5.10. The lowest BCUT2D eigenvalue weighted by Crippen LogP contribution is -2.36. The first-order valence-corrected chi connectivity index (χ1v) is 12.8. The van der Waals surface area contributed by atoms with Gasteiger partial charge in [0, 0.05) is 13.0 Å². The topological polar surface area (TPSA) is 29.5 Å². The van der Waals surface area contributed by atoms with Crippen molar-refractivity contribution in [2.45, 2.75) is 71.1 Å². The van der Waals surface area contributed by atoms with Gasteiger partial charge in [-0.3, -0.25) is 4.79 Å². The second-order valence-corrected chi connectivity index (χ2v) is 9.68. The average Bonchev–Trinajstić information content (AvgIpc) is 2.80. The van der Waals surface area contributed by atoms with Gasteiger partial charge in [0.15, 0.2) is 0 Å². The fourth-order valence-corrected chi connectivity index (χ4v) is 5.39. The molecule has 32 heavy (non-hydrogen) atoms. The van der Waals surface area contributed by atoms with Gasteiger partial charge in [0.1, 0.15) is 0 Å². The van der Waals surface area contributed by atoms with Crippen molar-refractivity contribution >= 4 is 5.97 Å². The number of rotatable bonds is 8. The maximum atomic E-state index is 11.7. The molecule has 1 heterocycles. The summed E-state index contributed by atoms with van der Waals surface area (Å²) in [6, 6.07) is 16.5. The Morgan fingerprint density at radius 1 is 1.00 bits per heavy atom. The molecular formula is C29H39NO2. The first kappa shape index (κ1) is 23.0. The Kier molecular flexibility index (Phi) is 8.39. The van der Waals surface area contributed by atoms with Crippen LogP contribution < -0.4 is 0 Å². The van der Waals surface area contributed by atoms with E-state index < -0.39 is 0 Å². The van der Waals surface area contributed by atoms with Gasteiger partial charge in [-0.1, -0.05) is 42.5 Å². The zero-order valence-corrected chi connectivity index (χ0v) is 19.8. The van der Waals surface area contributed by atoms with Crippen molar-refractivity contribution in [1.82, 2.24) is 4.90 Å². The Hall–Kier alpha value is -2.13. The van der Waals surface area contributed by atoms with Crippen LogP contribution in [-0.2, 0) is 41.6 Å². The summed E-state index contributed by atoms with van der Waals surface area (Å²) in [5.41, 5.74) is 7.47. The van der Waals surface area contributed by atoms with Gasteiger partial charge in [0.25, 0.3) is 0 Å². The van der Waals surface area contributed by atoms with Crippen molar-refractivity contribution in [2.75, 3.05) is 26.2 Å². The molecule has 0 radical (unpaired) electrons. The fourth-order valence-electron chi connectivity index (χ4n) is 5.39. The molecule has 1 atom stereocenters. The summed E-state index contributed by atoms with van der Waals surface area (Å²) >= 11 is 0. The van der Waals surface area contributed by atoms with Crippen LogP contribution in [0.25, 0.3) is 0 Å². The molecule has 3 nitrogen and oxygen atoms in total. The maximum absolute atomic E-state index is 11.7. The minimum absolute atomic E-state index is 0.0348. The van der Waals surface area contributed by atoms with E-state index in [4.69, 9.17) is 4.74 Å². The zero-order chi connectivity index (χ0) is 22.2. The molecule has 0 aromatic heterocycles. The van der Waals surface area contributed by atoms with Gasteiger partial charge < -0.3 is 9.64 Å². The lowest BCUT2D eigenvalue weighted by atomic mass is 9.91. The molecule has 172 valence electrons. The van der Waals surface area contributed by atoms with Crippen molar-refractivity contribution in [1.29, 1.82) is 0 Å². The van der Waals surface area contributed by atoms with Crippen molar-refractivity contribution in [3.8, 4) is 0 Å². The highest BCUT2D eigenvalue weighted by Crippen LogP contribution is 2.23. The molecule has 4 bridgehead atoms. The van der Waals surface area contributed by atoms with E-state index in [9.17, 15) is 4.79 Å². The molecule has 1 aliphatic heterocycles. The molecule has 0 amide bonds. The molecule has 2 aromatic carbocycles. The van der Waals surface area contributed by atoms with Crippen LogP contribution in [0.1, 0.15) is 66.8 Å². The van der Waals surface area contributed by atoms with E-state index in [1.54, 1.807) is 5.56 Å². The predicted molar refractivity (Wildman–Crippen MR) is 131 cm³/mol. The number of carbonyl (C=O) groups is 1. The number of likely N-dealkylation sites (tertiary alicyclic amines) is 1. The van der Waals surface area contributed by atoms with E-state index in [1.807, 2.05) is 6.92 Å². The van der Waals surface area contributed by atoms with Crippen molar-refractivity contribution in [3.63, 3.8) is 0 Å². The van der Waals surface area contributed by atoms with Gasteiger partial charge >= 0.3 is 5.97 Å². The van der Waals surface area contributed by atoms with Gasteiger partial charge in [-0.05, 0) is 112 Å². The third-order valence-corrected chi connectivity index (χ3v) is 7.26. The number of hydrogen-bond acceptors (Lipinski definition) is 3. The smallest absolute Gasteiger partial charge is 0.305 e. The number of hydrogen-bond donors (Lipinski definition) is 0. The van der Waals surface area contributed by atoms with Crippen LogP contribution in [0.15, 0.2) is 42.5 Å². The molecule has 1 saturated heterocycles. The number of aryl methyl sites for hydroxylation is 5. The van der Waals surface area contributed by atoms with Crippen LogP contribution in [0, 0.1) is 5.92 Å². The van der Waals surface area contributed by atoms with Gasteiger partial charge in [-0.15, -0.1) is 0 Å². The number of nitrogens with zero attached hydrogens (tertiary/aromatic N) is 1. The van der Waals surface area contributed by atoms with Crippen LogP contribution in [0.2, 0.25) is 0 Å². The van der Waals surface area contributed by atoms with E-state index in [0.717, 1.165) is 38.6 Å². The molecule has 4 aliphatic carbocycles. The second kappa shape index (κ2) is 11.7. The summed E-state index contributed by atoms with van der Waals surface area (Å²) in [4.78, 5) is 14.3. The van der Waals surface area contributed by atoms with Crippen LogP contribution in [0.4, 0.5) is 0 Å². The van der Waals surface area contributed by atoms with Crippen molar-refractivity contribution in [3.05, 3.63) is 70.3 Å². The molecule has 2 aromatic rings. The normalized spacial score (nSPS) is 18.8. The quantitative estimate of drug-likeness (QED) is 0.511. The summed E-state index contributed by atoms with van der Waals surface area (Å²) in [5, 5.41) is 0. The molecule has 5 aliphatic rings. The molecule has 0 spiro atoms. The van der Waals surface area contributed by atoms with Gasteiger partial charge in [-0.25, -0.2) is 0 Å². The van der Waals surface area contributed by atoms with Crippen LogP contribution >= 0.6 is 0 Å². The third-order valence-electron chi connectivity index (χ3n) is 7.26. The van der Waals surface area contributed by atoms with Gasteiger partial charge in [0.2, 0.25) is 0 Å². The number of ether oxygens (including phenoxy) is 1. The highest BCUT2D eigenvalue weighted by Gasteiger charge is 2.20. The fraction of sp³-hybridized carbons (Fsp3) is 0.552. The molecule has 3 heteroatoms. The van der Waals surface area contributed by atoms with Gasteiger partial charge in [0.05, 0.1) is 6.61 Å². The number of esters is 1. The first-order chi connectivity index (χ1) is 15.7. The number of piperidine rings is 1. The van der Waals surface area contributed by atoms with E-state index in [-0.39, 0.29) is 5.97 Å². The predicted octanol–water partition coefficient (Wildman–Crippen LogP) is 5.56. The Bertz CT molecular complexity index is 873. The van der Waals surface area contributed by atoms with E-state index >= 15 is 0 Å². The molecule has 0 N–H and O–H groups in total. The van der Waals surface area contributed by atoms with Crippen LogP contribution in [0.5, 0.6) is 0 Å². The van der Waals surface area contributed by atoms with E-state index in [0.29, 0.717) is 18.9 Å². The minimum Gasteiger partial charge on any atom is -0.466 e. The Morgan fingerprint density at radius 3 is 2.50 bits per heavy atom. The Labute approximate surface area is 194 Å². The lowest BCUT2D eigenvalue weighted by molar-refractivity contribution is -0.143. The highest BCUT2D eigenvalue weighted by atomic mass is 16.5. The Balaban J connectivity index is 1.29. The second-order valence-electron chi connectivity index (χ2n) is 9.68. The maximum Gasteiger partial charge on any atom is 0.305 e. The molecule has 7 rings (SSSR count). The number of carbonyl (C=O) groups excluding carboxylic acids is 1. The van der Waals surface area contributed by atoms with Gasteiger partial charge in [-0.2, -0.15) is 0 Å². The average molecular weight is 434 g/mol. The third kappa shape index (κ3) is 6.68. The summed E-state index contributed by atoms with van der Waals surface area (Å²) in [6.07, 6.45) is 11.0. The molecule has 1 fully saturated rings. The summed E-state index contributed by atoms with van der Waals surface area (Å²) in [6.45, 7) is 5.89. The number of benzene rings is 2. The highest BCUT2D eigenvalue weighted by molar-refractivity contribution is 5.69. The lowest BCUT2D eigenvalue weighted by Gasteiger charge is -2.32. The van der Waals surface area contributed by atoms with E-state index in [1.165, 1.54) is 61.0 Å². The van der Waals surface area contributed by atoms with Crippen molar-refractivity contribution < 1.29 is 9.53 Å². The van der Waals surface area contributed by atoms with Crippen molar-refractivity contribution in [2.24, 2.45) is 5.92 Å². The Morgan fingerprint density at radius 2 is 1.72 bits per heavy atom. The standard InChI is InChI=1S/C29H39NO2/c1-2-32-29(31)18-15-26-5-3-19-30(22-26)20-4-6-28-21-25-12-11-23-7-9-24(10-8-23)13-16-27(28)17-14-25/h7-10,14,17,21,26H,2-6,11-13,15-16,18-20,22H2,1H3. The summed E-state index contributed by atoms with van der Waals surface area (Å²) in [5.74, 6) is 0.608. The van der Waals surface area contributed by atoms with E-state index in [2.05, 4.69) is 47.4 Å². The summed E-state index contributed by atoms with van der Waals surface area (Å²) in [7, 11) is 0. The first-order valence-electron chi connectivity index (χ1n) is 12.8. The monoisotopic (exact) mass is 433 g/mol. The molecule has 0 saturated carbocycles.